The Morgan fingerprint density at radius 2 is 1.71 bits per heavy atom. The number of esters is 2. The summed E-state index contributed by atoms with van der Waals surface area (Å²) in [6.45, 7) is 5.84. The smallest absolute Gasteiger partial charge is 0.323 e. The normalized spacial score (nSPS) is 11.2. The van der Waals surface area contributed by atoms with Crippen LogP contribution in [0.25, 0.3) is 0 Å². The second-order valence-electron chi connectivity index (χ2n) is 4.66. The van der Waals surface area contributed by atoms with Crippen LogP contribution in [0.5, 0.6) is 0 Å². The van der Waals surface area contributed by atoms with E-state index in [1.165, 1.54) is 11.3 Å². The van der Waals surface area contributed by atoms with Gasteiger partial charge in [0.2, 0.25) is 0 Å². The van der Waals surface area contributed by atoms with Crippen LogP contribution < -0.4 is 0 Å². The van der Waals surface area contributed by atoms with Crippen LogP contribution in [0, 0.1) is 5.41 Å². The Hall–Kier alpha value is -1.07. The van der Waals surface area contributed by atoms with Crippen molar-refractivity contribution in [2.45, 2.75) is 40.0 Å². The van der Waals surface area contributed by atoms with Crippen LogP contribution in [0.15, 0.2) is 12.1 Å². The maximum Gasteiger partial charge on any atom is 0.323 e. The van der Waals surface area contributed by atoms with Crippen molar-refractivity contribution in [3.63, 3.8) is 0 Å². The molecule has 0 fully saturated rings. The Morgan fingerprint density at radius 1 is 1.14 bits per heavy atom. The number of carbonyl (C=O) groups excluding carboxylic acids is 2. The molecule has 0 amide bonds. The minimum Gasteiger partial charge on any atom is -0.465 e. The lowest BCUT2D eigenvalue weighted by Gasteiger charge is -2.28. The summed E-state index contributed by atoms with van der Waals surface area (Å²) in [7, 11) is 0. The minimum atomic E-state index is -1.28. The molecule has 1 aromatic heterocycles. The highest BCUT2D eigenvalue weighted by Gasteiger charge is 2.48. The van der Waals surface area contributed by atoms with Crippen molar-refractivity contribution in [3.05, 3.63) is 21.3 Å². The SMILES string of the molecule is CCCC(Cc1ccc(Cl)s1)(C(=O)OCC)C(=O)OCC. The Labute approximate surface area is 134 Å². The molecular formula is C15H21ClO4S. The van der Waals surface area contributed by atoms with E-state index < -0.39 is 17.4 Å². The number of halogens is 1. The number of ether oxygens (including phenoxy) is 2. The first-order valence-electron chi connectivity index (χ1n) is 7.08. The molecule has 0 aromatic carbocycles. The fourth-order valence-corrected chi connectivity index (χ4v) is 3.43. The van der Waals surface area contributed by atoms with Gasteiger partial charge in [-0.05, 0) is 32.4 Å². The number of hydrogen-bond acceptors (Lipinski definition) is 5. The summed E-state index contributed by atoms with van der Waals surface area (Å²) < 4.78 is 10.9. The first-order chi connectivity index (χ1) is 10.00. The molecule has 0 aliphatic rings. The fraction of sp³-hybridized carbons (Fsp3) is 0.600. The van der Waals surface area contributed by atoms with Gasteiger partial charge in [-0.25, -0.2) is 0 Å². The van der Waals surface area contributed by atoms with Crippen molar-refractivity contribution in [2.24, 2.45) is 5.41 Å². The zero-order chi connectivity index (χ0) is 15.9. The summed E-state index contributed by atoms with van der Waals surface area (Å²) in [5.74, 6) is -1.04. The van der Waals surface area contributed by atoms with Gasteiger partial charge in [0.15, 0.2) is 5.41 Å². The van der Waals surface area contributed by atoms with E-state index in [0.717, 1.165) is 4.88 Å². The van der Waals surface area contributed by atoms with Gasteiger partial charge in [-0.1, -0.05) is 24.9 Å². The Balaban J connectivity index is 3.15. The molecular weight excluding hydrogens is 312 g/mol. The Morgan fingerprint density at radius 3 is 2.10 bits per heavy atom. The van der Waals surface area contributed by atoms with Crippen LogP contribution >= 0.6 is 22.9 Å². The highest BCUT2D eigenvalue weighted by Crippen LogP contribution is 2.35. The predicted molar refractivity (Wildman–Crippen MR) is 83.6 cm³/mol. The van der Waals surface area contributed by atoms with Crippen LogP contribution in [0.3, 0.4) is 0 Å². The van der Waals surface area contributed by atoms with Crippen molar-refractivity contribution in [1.82, 2.24) is 0 Å². The molecule has 1 rings (SSSR count). The van der Waals surface area contributed by atoms with Gasteiger partial charge in [0, 0.05) is 11.3 Å². The lowest BCUT2D eigenvalue weighted by atomic mass is 9.79. The van der Waals surface area contributed by atoms with E-state index in [4.69, 9.17) is 21.1 Å². The Bertz CT molecular complexity index is 466. The summed E-state index contributed by atoms with van der Waals surface area (Å²) in [5.41, 5.74) is -1.28. The van der Waals surface area contributed by atoms with Gasteiger partial charge in [-0.15, -0.1) is 11.3 Å². The molecule has 0 aliphatic carbocycles. The first kappa shape index (κ1) is 18.0. The highest BCUT2D eigenvalue weighted by molar-refractivity contribution is 7.16. The van der Waals surface area contributed by atoms with E-state index in [-0.39, 0.29) is 19.6 Å². The summed E-state index contributed by atoms with van der Waals surface area (Å²) >= 11 is 7.30. The predicted octanol–water partition coefficient (Wildman–Crippen LogP) is 3.86. The largest absolute Gasteiger partial charge is 0.465 e. The van der Waals surface area contributed by atoms with Crippen molar-refractivity contribution < 1.29 is 19.1 Å². The fourth-order valence-electron chi connectivity index (χ4n) is 2.23. The molecule has 0 saturated carbocycles. The van der Waals surface area contributed by atoms with Gasteiger partial charge in [0.1, 0.15) is 0 Å². The minimum absolute atomic E-state index is 0.231. The van der Waals surface area contributed by atoms with Gasteiger partial charge in [-0.3, -0.25) is 9.59 Å². The zero-order valence-electron chi connectivity index (χ0n) is 12.6. The van der Waals surface area contributed by atoms with Gasteiger partial charge in [0.05, 0.1) is 17.6 Å². The zero-order valence-corrected chi connectivity index (χ0v) is 14.2. The molecule has 1 aromatic rings. The third kappa shape index (κ3) is 4.45. The summed E-state index contributed by atoms with van der Waals surface area (Å²) in [4.78, 5) is 25.7. The third-order valence-corrected chi connectivity index (χ3v) is 4.35. The molecule has 0 N–H and O–H groups in total. The topological polar surface area (TPSA) is 52.6 Å². The molecule has 0 radical (unpaired) electrons. The molecule has 0 unspecified atom stereocenters. The van der Waals surface area contributed by atoms with E-state index in [9.17, 15) is 9.59 Å². The number of hydrogen-bond donors (Lipinski definition) is 0. The van der Waals surface area contributed by atoms with Crippen molar-refractivity contribution in [2.75, 3.05) is 13.2 Å². The van der Waals surface area contributed by atoms with E-state index >= 15 is 0 Å². The molecule has 0 spiro atoms. The summed E-state index contributed by atoms with van der Waals surface area (Å²) in [5, 5.41) is 0. The molecule has 0 saturated heterocycles. The molecule has 0 aliphatic heterocycles. The van der Waals surface area contributed by atoms with Gasteiger partial charge in [0.25, 0.3) is 0 Å². The molecule has 6 heteroatoms. The van der Waals surface area contributed by atoms with Crippen molar-refractivity contribution in [1.29, 1.82) is 0 Å². The molecule has 0 atom stereocenters. The maximum atomic E-state index is 12.4. The van der Waals surface area contributed by atoms with Gasteiger partial charge in [-0.2, -0.15) is 0 Å². The third-order valence-electron chi connectivity index (χ3n) is 3.11. The lowest BCUT2D eigenvalue weighted by Crippen LogP contribution is -2.43. The number of rotatable bonds is 8. The quantitative estimate of drug-likeness (QED) is 0.536. The van der Waals surface area contributed by atoms with Crippen LogP contribution in [-0.2, 0) is 25.5 Å². The van der Waals surface area contributed by atoms with Gasteiger partial charge < -0.3 is 9.47 Å². The standard InChI is InChI=1S/C15H21ClO4S/c1-4-9-15(13(17)19-5-2,14(18)20-6-3)10-11-7-8-12(16)21-11/h7-8H,4-6,9-10H2,1-3H3. The van der Waals surface area contributed by atoms with E-state index in [1.807, 2.05) is 13.0 Å². The van der Waals surface area contributed by atoms with Crippen LogP contribution in [0.1, 0.15) is 38.5 Å². The first-order valence-corrected chi connectivity index (χ1v) is 8.28. The second kappa shape index (κ2) is 8.39. The molecule has 0 bridgehead atoms. The lowest BCUT2D eigenvalue weighted by molar-refractivity contribution is -0.172. The van der Waals surface area contributed by atoms with Crippen molar-refractivity contribution in [3.8, 4) is 0 Å². The summed E-state index contributed by atoms with van der Waals surface area (Å²) in [6, 6.07) is 3.59. The monoisotopic (exact) mass is 332 g/mol. The average Bonchev–Trinajstić information content (AvgIpc) is 2.84. The Kier molecular flexibility index (Phi) is 7.18. The average molecular weight is 333 g/mol. The molecule has 4 nitrogen and oxygen atoms in total. The highest BCUT2D eigenvalue weighted by atomic mass is 35.5. The van der Waals surface area contributed by atoms with Crippen LogP contribution in [0.2, 0.25) is 4.34 Å². The van der Waals surface area contributed by atoms with E-state index in [0.29, 0.717) is 17.2 Å². The maximum absolute atomic E-state index is 12.4. The molecule has 118 valence electrons. The molecule has 21 heavy (non-hydrogen) atoms. The summed E-state index contributed by atoms with van der Waals surface area (Å²) in [6.07, 6.45) is 1.33. The second-order valence-corrected chi connectivity index (χ2v) is 6.46. The van der Waals surface area contributed by atoms with Gasteiger partial charge >= 0.3 is 11.9 Å². The number of carbonyl (C=O) groups is 2. The van der Waals surface area contributed by atoms with Crippen LogP contribution in [0.4, 0.5) is 0 Å². The van der Waals surface area contributed by atoms with Crippen molar-refractivity contribution >= 4 is 34.9 Å². The van der Waals surface area contributed by atoms with Crippen LogP contribution in [-0.4, -0.2) is 25.2 Å². The number of thiophene rings is 1. The molecule has 1 heterocycles. The van der Waals surface area contributed by atoms with E-state index in [2.05, 4.69) is 0 Å². The van der Waals surface area contributed by atoms with E-state index in [1.54, 1.807) is 19.9 Å².